The molecule has 1 aliphatic rings. The summed E-state index contributed by atoms with van der Waals surface area (Å²) < 4.78 is 15.2. The van der Waals surface area contributed by atoms with Crippen molar-refractivity contribution in [3.05, 3.63) is 58.8 Å². The summed E-state index contributed by atoms with van der Waals surface area (Å²) >= 11 is 0. The maximum atomic E-state index is 13.8. The standard InChI is InChI=1S/C21H24FN5O/c1-3-27-19-13-20(23-14-15(19)12-18(22)21(27)28)24-16-4-6-17(7-5-16)26-10-8-25(2)9-11-26/h4-7,12-14H,3,8-11H2,1-2H3,(H,23,24). The van der Waals surface area contributed by atoms with Crippen molar-refractivity contribution in [1.82, 2.24) is 14.5 Å². The van der Waals surface area contributed by atoms with Crippen molar-refractivity contribution in [2.24, 2.45) is 0 Å². The molecule has 2 aromatic heterocycles. The van der Waals surface area contributed by atoms with Crippen LogP contribution in [-0.2, 0) is 6.54 Å². The summed E-state index contributed by atoms with van der Waals surface area (Å²) in [5, 5.41) is 3.88. The van der Waals surface area contributed by atoms with Gasteiger partial charge in [-0.25, -0.2) is 9.37 Å². The minimum atomic E-state index is -0.753. The molecule has 1 saturated heterocycles. The first kappa shape index (κ1) is 18.4. The SMILES string of the molecule is CCn1c(=O)c(F)cc2cnc(Nc3ccc(N4CCN(C)CC4)cc3)cc21. The highest BCUT2D eigenvalue weighted by atomic mass is 19.1. The molecular weight excluding hydrogens is 357 g/mol. The summed E-state index contributed by atoms with van der Waals surface area (Å²) in [6.45, 7) is 6.42. The Labute approximate surface area is 163 Å². The van der Waals surface area contributed by atoms with Gasteiger partial charge in [0, 0.05) is 61.7 Å². The van der Waals surface area contributed by atoms with Crippen molar-refractivity contribution in [3.8, 4) is 0 Å². The number of fused-ring (bicyclic) bond motifs is 1. The third-order valence-corrected chi connectivity index (χ3v) is 5.26. The number of hydrogen-bond donors (Lipinski definition) is 1. The predicted molar refractivity (Wildman–Crippen MR) is 111 cm³/mol. The largest absolute Gasteiger partial charge is 0.369 e. The molecule has 6 nitrogen and oxygen atoms in total. The quantitative estimate of drug-likeness (QED) is 0.753. The molecule has 1 aliphatic heterocycles. The van der Waals surface area contributed by atoms with Crippen LogP contribution >= 0.6 is 0 Å². The molecule has 4 rings (SSSR count). The van der Waals surface area contributed by atoms with Gasteiger partial charge in [-0.3, -0.25) is 4.79 Å². The number of aromatic nitrogens is 2. The van der Waals surface area contributed by atoms with Crippen molar-refractivity contribution in [2.45, 2.75) is 13.5 Å². The van der Waals surface area contributed by atoms with Crippen LogP contribution < -0.4 is 15.8 Å². The molecule has 0 bridgehead atoms. The molecule has 0 atom stereocenters. The zero-order valence-electron chi connectivity index (χ0n) is 16.2. The molecule has 0 unspecified atom stereocenters. The van der Waals surface area contributed by atoms with Gasteiger partial charge in [-0.1, -0.05) is 0 Å². The van der Waals surface area contributed by atoms with E-state index in [9.17, 15) is 9.18 Å². The minimum Gasteiger partial charge on any atom is -0.369 e. The van der Waals surface area contributed by atoms with Gasteiger partial charge in [-0.15, -0.1) is 0 Å². The average molecular weight is 381 g/mol. The topological polar surface area (TPSA) is 53.4 Å². The second-order valence-corrected chi connectivity index (χ2v) is 7.13. The van der Waals surface area contributed by atoms with E-state index in [4.69, 9.17) is 0 Å². The highest BCUT2D eigenvalue weighted by Gasteiger charge is 2.14. The van der Waals surface area contributed by atoms with Crippen LogP contribution in [0.3, 0.4) is 0 Å². The number of halogens is 1. The lowest BCUT2D eigenvalue weighted by Crippen LogP contribution is -2.44. The lowest BCUT2D eigenvalue weighted by Gasteiger charge is -2.34. The number of likely N-dealkylation sites (N-methyl/N-ethyl adjacent to an activating group) is 1. The monoisotopic (exact) mass is 381 g/mol. The van der Waals surface area contributed by atoms with E-state index in [-0.39, 0.29) is 0 Å². The summed E-state index contributed by atoms with van der Waals surface area (Å²) in [5.74, 6) is -0.135. The number of hydrogen-bond acceptors (Lipinski definition) is 5. The van der Waals surface area contributed by atoms with Gasteiger partial charge in [0.2, 0.25) is 0 Å². The van der Waals surface area contributed by atoms with Crippen LogP contribution in [0, 0.1) is 5.82 Å². The zero-order chi connectivity index (χ0) is 19.7. The van der Waals surface area contributed by atoms with Crippen molar-refractivity contribution in [1.29, 1.82) is 0 Å². The van der Waals surface area contributed by atoms with E-state index in [1.165, 1.54) is 16.3 Å². The normalized spacial score (nSPS) is 15.2. The van der Waals surface area contributed by atoms with Crippen molar-refractivity contribution < 1.29 is 4.39 Å². The van der Waals surface area contributed by atoms with Gasteiger partial charge in [-0.2, -0.15) is 0 Å². The molecule has 1 aromatic carbocycles. The van der Waals surface area contributed by atoms with Gasteiger partial charge in [0.25, 0.3) is 5.56 Å². The summed E-state index contributed by atoms with van der Waals surface area (Å²) in [5.41, 5.74) is 2.18. The van der Waals surface area contributed by atoms with Gasteiger partial charge in [0.1, 0.15) is 5.82 Å². The van der Waals surface area contributed by atoms with E-state index in [1.807, 2.05) is 19.1 Å². The molecule has 3 aromatic rings. The summed E-state index contributed by atoms with van der Waals surface area (Å²) in [4.78, 5) is 21.1. The maximum Gasteiger partial charge on any atom is 0.287 e. The first-order valence-corrected chi connectivity index (χ1v) is 9.55. The third-order valence-electron chi connectivity index (χ3n) is 5.26. The molecule has 0 aliphatic carbocycles. The zero-order valence-corrected chi connectivity index (χ0v) is 16.2. The molecule has 7 heteroatoms. The Morgan fingerprint density at radius 1 is 1.11 bits per heavy atom. The molecule has 0 radical (unpaired) electrons. The number of benzene rings is 1. The van der Waals surface area contributed by atoms with Gasteiger partial charge >= 0.3 is 0 Å². The Kier molecular flexibility index (Phi) is 5.00. The van der Waals surface area contributed by atoms with Crippen molar-refractivity contribution >= 4 is 28.1 Å². The lowest BCUT2D eigenvalue weighted by atomic mass is 10.2. The molecule has 1 fully saturated rings. The number of nitrogens with one attached hydrogen (secondary N) is 1. The van der Waals surface area contributed by atoms with E-state index >= 15 is 0 Å². The fourth-order valence-corrected chi connectivity index (χ4v) is 3.59. The molecule has 0 saturated carbocycles. The maximum absolute atomic E-state index is 13.8. The minimum absolute atomic E-state index is 0.399. The number of nitrogens with zero attached hydrogens (tertiary/aromatic N) is 4. The average Bonchev–Trinajstić information content (AvgIpc) is 2.71. The number of aryl methyl sites for hydroxylation is 1. The van der Waals surface area contributed by atoms with E-state index in [1.54, 1.807) is 12.3 Å². The van der Waals surface area contributed by atoms with E-state index in [0.29, 0.717) is 23.3 Å². The Morgan fingerprint density at radius 3 is 2.50 bits per heavy atom. The van der Waals surface area contributed by atoms with Crippen LogP contribution in [0.5, 0.6) is 0 Å². The van der Waals surface area contributed by atoms with E-state index in [0.717, 1.165) is 31.9 Å². The Balaban J connectivity index is 1.56. The molecule has 1 N–H and O–H groups in total. The smallest absolute Gasteiger partial charge is 0.287 e. The lowest BCUT2D eigenvalue weighted by molar-refractivity contribution is 0.313. The van der Waals surface area contributed by atoms with Crippen LogP contribution in [0.1, 0.15) is 6.92 Å². The van der Waals surface area contributed by atoms with Crippen molar-refractivity contribution in [2.75, 3.05) is 43.4 Å². The Bertz CT molecular complexity index is 1040. The summed E-state index contributed by atoms with van der Waals surface area (Å²) in [6.07, 6.45) is 1.59. The highest BCUT2D eigenvalue weighted by Crippen LogP contribution is 2.23. The van der Waals surface area contributed by atoms with Crippen LogP contribution in [0.2, 0.25) is 0 Å². The number of rotatable bonds is 4. The summed E-state index contributed by atoms with van der Waals surface area (Å²) in [6, 6.07) is 11.3. The number of piperazine rings is 1. The molecule has 0 amide bonds. The predicted octanol–water partition coefficient (Wildman–Crippen LogP) is 3.05. The first-order chi connectivity index (χ1) is 13.5. The molecule has 28 heavy (non-hydrogen) atoms. The van der Waals surface area contributed by atoms with Gasteiger partial charge in [-0.05, 0) is 44.3 Å². The highest BCUT2D eigenvalue weighted by molar-refractivity contribution is 5.81. The first-order valence-electron chi connectivity index (χ1n) is 9.55. The van der Waals surface area contributed by atoms with Gasteiger partial charge in [0.05, 0.1) is 5.52 Å². The number of pyridine rings is 2. The second-order valence-electron chi connectivity index (χ2n) is 7.13. The van der Waals surface area contributed by atoms with E-state index < -0.39 is 11.4 Å². The van der Waals surface area contributed by atoms with Crippen LogP contribution in [0.15, 0.2) is 47.4 Å². The number of anilines is 3. The Hall–Kier alpha value is -2.93. The van der Waals surface area contributed by atoms with Crippen molar-refractivity contribution in [3.63, 3.8) is 0 Å². The third kappa shape index (κ3) is 3.57. The summed E-state index contributed by atoms with van der Waals surface area (Å²) in [7, 11) is 2.15. The van der Waals surface area contributed by atoms with Gasteiger partial charge < -0.3 is 19.7 Å². The van der Waals surface area contributed by atoms with E-state index in [2.05, 4.69) is 39.3 Å². The molecule has 0 spiro atoms. The fraction of sp³-hybridized carbons (Fsp3) is 0.333. The fourth-order valence-electron chi connectivity index (χ4n) is 3.59. The molecular formula is C21H24FN5O. The van der Waals surface area contributed by atoms with Gasteiger partial charge in [0.15, 0.2) is 5.82 Å². The van der Waals surface area contributed by atoms with Crippen LogP contribution in [-0.4, -0.2) is 47.7 Å². The Morgan fingerprint density at radius 2 is 1.82 bits per heavy atom. The molecule has 3 heterocycles. The van der Waals surface area contributed by atoms with Crippen LogP contribution in [0.4, 0.5) is 21.6 Å². The molecule has 146 valence electrons. The van der Waals surface area contributed by atoms with Crippen LogP contribution in [0.25, 0.3) is 10.9 Å². The second kappa shape index (κ2) is 7.59.